The van der Waals surface area contributed by atoms with Gasteiger partial charge < -0.3 is 20.3 Å². The van der Waals surface area contributed by atoms with Gasteiger partial charge in [-0.25, -0.2) is 0 Å². The van der Waals surface area contributed by atoms with Crippen molar-refractivity contribution in [3.8, 4) is 0 Å². The number of unbranched alkanes of at least 4 members (excludes halogenated alkanes) is 54. The van der Waals surface area contributed by atoms with Crippen LogP contribution >= 0.6 is 0 Å². The molecule has 0 saturated heterocycles. The van der Waals surface area contributed by atoms with Crippen molar-refractivity contribution < 1.29 is 24.5 Å². The molecule has 474 valence electrons. The lowest BCUT2D eigenvalue weighted by molar-refractivity contribution is -0.143. The maximum absolute atomic E-state index is 12.4. The van der Waals surface area contributed by atoms with Crippen LogP contribution in [0.5, 0.6) is 0 Å². The Bertz CT molecular complexity index is 1250. The fraction of sp³-hybridized carbons (Fsp3) is 0.919. The van der Waals surface area contributed by atoms with Crippen LogP contribution in [0.15, 0.2) is 24.3 Å². The second-order valence-electron chi connectivity index (χ2n) is 25.3. The number of aliphatic hydroxyl groups excluding tert-OH is 2. The van der Waals surface area contributed by atoms with Gasteiger partial charge in [-0.15, -0.1) is 0 Å². The fourth-order valence-electron chi connectivity index (χ4n) is 11.7. The molecule has 6 nitrogen and oxygen atoms in total. The van der Waals surface area contributed by atoms with Crippen LogP contribution in [-0.2, 0) is 14.3 Å². The molecule has 0 aliphatic carbocycles. The molecule has 2 atom stereocenters. The van der Waals surface area contributed by atoms with E-state index in [9.17, 15) is 19.8 Å². The normalized spacial score (nSPS) is 12.6. The number of allylic oxidation sites excluding steroid dienone is 4. The Morgan fingerprint density at radius 2 is 0.625 bits per heavy atom. The van der Waals surface area contributed by atoms with E-state index < -0.39 is 12.1 Å². The average Bonchev–Trinajstić information content (AvgIpc) is 3.46. The van der Waals surface area contributed by atoms with E-state index in [0.29, 0.717) is 25.9 Å². The molecule has 0 radical (unpaired) electrons. The van der Waals surface area contributed by atoms with Crippen molar-refractivity contribution in [3.05, 3.63) is 24.3 Å². The maximum atomic E-state index is 12.4. The molecule has 1 amide bonds. The summed E-state index contributed by atoms with van der Waals surface area (Å²) < 4.78 is 5.51. The SMILES string of the molecule is CCCCCCCCCCCCCCCCCCCC(=O)OCCCCCCCCCCCCCCC/C=C\C/C=C\CCCCCCCCCCCCCCCCCCCC(=O)NC(CO)C(O)CCCCCCCCCCC. The minimum Gasteiger partial charge on any atom is -0.466 e. The van der Waals surface area contributed by atoms with Crippen molar-refractivity contribution in [1.82, 2.24) is 5.32 Å². The number of hydrogen-bond donors (Lipinski definition) is 3. The summed E-state index contributed by atoms with van der Waals surface area (Å²) in [6.07, 6.45) is 88.4. The number of carbonyl (C=O) groups excluding carboxylic acids is 2. The van der Waals surface area contributed by atoms with Gasteiger partial charge in [0.1, 0.15) is 0 Å². The van der Waals surface area contributed by atoms with E-state index in [4.69, 9.17) is 4.74 Å². The molecule has 0 aromatic carbocycles. The summed E-state index contributed by atoms with van der Waals surface area (Å²) >= 11 is 0. The number of hydrogen-bond acceptors (Lipinski definition) is 5. The van der Waals surface area contributed by atoms with Gasteiger partial charge >= 0.3 is 5.97 Å². The van der Waals surface area contributed by atoms with Crippen molar-refractivity contribution in [3.63, 3.8) is 0 Å². The number of carbonyl (C=O) groups is 2. The highest BCUT2D eigenvalue weighted by Gasteiger charge is 2.20. The Balaban J connectivity index is 3.31. The van der Waals surface area contributed by atoms with Gasteiger partial charge in [0, 0.05) is 12.8 Å². The topological polar surface area (TPSA) is 95.9 Å². The smallest absolute Gasteiger partial charge is 0.305 e. The molecule has 3 N–H and O–H groups in total. The Morgan fingerprint density at radius 3 is 0.950 bits per heavy atom. The van der Waals surface area contributed by atoms with Crippen LogP contribution in [0.1, 0.15) is 412 Å². The second kappa shape index (κ2) is 69.8. The van der Waals surface area contributed by atoms with Gasteiger partial charge in [0.05, 0.1) is 25.4 Å². The quantitative estimate of drug-likeness (QED) is 0.0320. The van der Waals surface area contributed by atoms with Crippen molar-refractivity contribution in [1.29, 1.82) is 0 Å². The Morgan fingerprint density at radius 1 is 0.350 bits per heavy atom. The van der Waals surface area contributed by atoms with E-state index in [1.807, 2.05) is 0 Å². The summed E-state index contributed by atoms with van der Waals surface area (Å²) in [6.45, 7) is 4.97. The van der Waals surface area contributed by atoms with Crippen molar-refractivity contribution in [2.45, 2.75) is 424 Å². The molecule has 0 aromatic rings. The minimum atomic E-state index is -0.659. The minimum absolute atomic E-state index is 0.0234. The molecule has 0 bridgehead atoms. The van der Waals surface area contributed by atoms with Crippen LogP contribution in [0.25, 0.3) is 0 Å². The number of nitrogens with one attached hydrogen (secondary N) is 1. The number of amides is 1. The molecular formula is C74H143NO5. The van der Waals surface area contributed by atoms with Crippen molar-refractivity contribution in [2.75, 3.05) is 13.2 Å². The number of aliphatic hydroxyl groups is 2. The largest absolute Gasteiger partial charge is 0.466 e. The first-order valence-electron chi connectivity index (χ1n) is 36.6. The molecule has 0 aliphatic rings. The van der Waals surface area contributed by atoms with Crippen LogP contribution in [0.4, 0.5) is 0 Å². The van der Waals surface area contributed by atoms with Gasteiger partial charge in [0.15, 0.2) is 0 Å². The molecule has 0 fully saturated rings. The zero-order valence-corrected chi connectivity index (χ0v) is 54.3. The summed E-state index contributed by atoms with van der Waals surface area (Å²) in [7, 11) is 0. The van der Waals surface area contributed by atoms with Crippen LogP contribution in [0, 0.1) is 0 Å². The lowest BCUT2D eigenvalue weighted by Crippen LogP contribution is -2.45. The molecule has 0 heterocycles. The first kappa shape index (κ1) is 78.3. The molecule has 0 aromatic heterocycles. The Labute approximate surface area is 501 Å². The van der Waals surface area contributed by atoms with E-state index in [0.717, 1.165) is 44.9 Å². The number of esters is 1. The lowest BCUT2D eigenvalue weighted by atomic mass is 10.0. The molecular weight excluding hydrogens is 983 g/mol. The maximum Gasteiger partial charge on any atom is 0.305 e. The summed E-state index contributed by atoms with van der Waals surface area (Å²) in [6, 6.07) is -0.537. The number of ether oxygens (including phenoxy) is 1. The Kier molecular flexibility index (Phi) is 68.4. The van der Waals surface area contributed by atoms with Gasteiger partial charge in [0.2, 0.25) is 5.91 Å². The predicted molar refractivity (Wildman–Crippen MR) is 352 cm³/mol. The highest BCUT2D eigenvalue weighted by atomic mass is 16.5. The van der Waals surface area contributed by atoms with Crippen LogP contribution < -0.4 is 5.32 Å². The van der Waals surface area contributed by atoms with E-state index in [-0.39, 0.29) is 18.5 Å². The third-order valence-electron chi connectivity index (χ3n) is 17.3. The highest BCUT2D eigenvalue weighted by Crippen LogP contribution is 2.19. The van der Waals surface area contributed by atoms with Crippen molar-refractivity contribution in [2.24, 2.45) is 0 Å². The summed E-state index contributed by atoms with van der Waals surface area (Å²) in [5.74, 6) is -0.00946. The average molecular weight is 1130 g/mol. The highest BCUT2D eigenvalue weighted by molar-refractivity contribution is 5.76. The predicted octanol–water partition coefficient (Wildman–Crippen LogP) is 23.7. The molecule has 0 saturated carbocycles. The van der Waals surface area contributed by atoms with E-state index in [2.05, 4.69) is 43.5 Å². The second-order valence-corrected chi connectivity index (χ2v) is 25.3. The molecule has 80 heavy (non-hydrogen) atoms. The zero-order valence-electron chi connectivity index (χ0n) is 54.3. The van der Waals surface area contributed by atoms with E-state index in [1.54, 1.807) is 0 Å². The fourth-order valence-corrected chi connectivity index (χ4v) is 11.7. The lowest BCUT2D eigenvalue weighted by Gasteiger charge is -2.22. The van der Waals surface area contributed by atoms with Crippen LogP contribution in [0.2, 0.25) is 0 Å². The van der Waals surface area contributed by atoms with Crippen LogP contribution in [-0.4, -0.2) is 47.4 Å². The Hall–Kier alpha value is -1.66. The van der Waals surface area contributed by atoms with Crippen molar-refractivity contribution >= 4 is 11.9 Å². The summed E-state index contributed by atoms with van der Waals surface area (Å²) in [4.78, 5) is 24.5. The van der Waals surface area contributed by atoms with Gasteiger partial charge in [-0.3, -0.25) is 9.59 Å². The summed E-state index contributed by atoms with van der Waals surface area (Å²) in [5.41, 5.74) is 0. The molecule has 6 heteroatoms. The van der Waals surface area contributed by atoms with Crippen LogP contribution in [0.3, 0.4) is 0 Å². The van der Waals surface area contributed by atoms with Gasteiger partial charge in [-0.05, 0) is 57.8 Å². The van der Waals surface area contributed by atoms with E-state index in [1.165, 1.54) is 334 Å². The first-order chi connectivity index (χ1) is 39.5. The molecule has 0 aliphatic heterocycles. The third-order valence-corrected chi connectivity index (χ3v) is 17.3. The molecule has 0 spiro atoms. The third kappa shape index (κ3) is 65.5. The monoisotopic (exact) mass is 1130 g/mol. The number of rotatable bonds is 69. The van der Waals surface area contributed by atoms with Gasteiger partial charge in [0.25, 0.3) is 0 Å². The standard InChI is InChI=1S/C74H143NO5/c1-3-5-7-9-11-13-14-15-16-38-42-45-48-52-56-60-64-68-74(79)80-69-65-61-57-53-49-46-43-40-37-35-33-31-29-27-25-23-21-19-17-18-20-22-24-26-28-30-32-34-36-39-41-44-47-51-55-59-63-67-73(78)75-71(70-76)72(77)66-62-58-54-50-12-10-8-6-4-2/h17,19,23,25,71-72,76-77H,3-16,18,20-22,24,26-70H2,1-2H3,(H,75,78)/b19-17-,25-23-. The van der Waals surface area contributed by atoms with Gasteiger partial charge in [-0.2, -0.15) is 0 Å². The van der Waals surface area contributed by atoms with E-state index >= 15 is 0 Å². The van der Waals surface area contributed by atoms with Gasteiger partial charge in [-0.1, -0.05) is 366 Å². The first-order valence-corrected chi connectivity index (χ1v) is 36.6. The molecule has 2 unspecified atom stereocenters. The molecule has 0 rings (SSSR count). The summed E-state index contributed by atoms with van der Waals surface area (Å²) in [5, 5.41) is 23.1. The zero-order chi connectivity index (χ0) is 57.8.